The lowest BCUT2D eigenvalue weighted by atomic mass is 10.1. The predicted molar refractivity (Wildman–Crippen MR) is 84.7 cm³/mol. The van der Waals surface area contributed by atoms with Crippen LogP contribution in [0.4, 0.5) is 5.69 Å². The van der Waals surface area contributed by atoms with Crippen molar-refractivity contribution in [2.75, 3.05) is 24.7 Å². The average molecular weight is 306 g/mol. The normalized spacial score (nSPS) is 22.0. The molecule has 0 bridgehead atoms. The second-order valence-corrected chi connectivity index (χ2v) is 7.38. The van der Waals surface area contributed by atoms with Gasteiger partial charge in [0.15, 0.2) is 0 Å². The van der Waals surface area contributed by atoms with Crippen LogP contribution in [0.1, 0.15) is 25.7 Å². The molecule has 1 amide bonds. The van der Waals surface area contributed by atoms with E-state index in [2.05, 4.69) is 10.2 Å². The number of rotatable bonds is 5. The van der Waals surface area contributed by atoms with E-state index in [4.69, 9.17) is 0 Å². The minimum absolute atomic E-state index is 0.0169. The van der Waals surface area contributed by atoms with E-state index >= 15 is 0 Å². The zero-order valence-corrected chi connectivity index (χ0v) is 13.2. The molecular formula is C16H22N2O2S. The second kappa shape index (κ2) is 6.28. The van der Waals surface area contributed by atoms with E-state index in [1.54, 1.807) is 6.26 Å². The number of nitrogens with one attached hydrogen (secondary N) is 1. The lowest BCUT2D eigenvalue weighted by Crippen LogP contribution is -2.44. The second-order valence-electron chi connectivity index (χ2n) is 6.00. The van der Waals surface area contributed by atoms with Crippen LogP contribution in [0.3, 0.4) is 0 Å². The first-order chi connectivity index (χ1) is 10.1. The SMILES string of the molecule is CS(=O)c1cccc(NC(=O)C(C2CC2)N2CCCC2)c1. The van der Waals surface area contributed by atoms with Crippen molar-refractivity contribution in [1.82, 2.24) is 4.90 Å². The molecule has 1 aromatic carbocycles. The molecule has 2 fully saturated rings. The van der Waals surface area contributed by atoms with Gasteiger partial charge in [-0.25, -0.2) is 0 Å². The Morgan fingerprint density at radius 3 is 2.67 bits per heavy atom. The number of likely N-dealkylation sites (tertiary alicyclic amines) is 1. The Morgan fingerprint density at radius 1 is 1.33 bits per heavy atom. The molecule has 5 heteroatoms. The topological polar surface area (TPSA) is 49.4 Å². The summed E-state index contributed by atoms with van der Waals surface area (Å²) in [7, 11) is -1.02. The highest BCUT2D eigenvalue weighted by molar-refractivity contribution is 7.84. The molecule has 1 N–H and O–H groups in total. The average Bonchev–Trinajstić information content (AvgIpc) is 3.13. The highest BCUT2D eigenvalue weighted by Crippen LogP contribution is 2.37. The number of hydrogen-bond acceptors (Lipinski definition) is 3. The van der Waals surface area contributed by atoms with Gasteiger partial charge in [-0.2, -0.15) is 0 Å². The summed E-state index contributed by atoms with van der Waals surface area (Å²) in [5, 5.41) is 3.02. The number of benzene rings is 1. The van der Waals surface area contributed by atoms with E-state index in [-0.39, 0.29) is 11.9 Å². The summed E-state index contributed by atoms with van der Waals surface area (Å²) in [6, 6.07) is 7.35. The smallest absolute Gasteiger partial charge is 0.242 e. The third-order valence-electron chi connectivity index (χ3n) is 4.30. The number of carbonyl (C=O) groups excluding carboxylic acids is 1. The van der Waals surface area contributed by atoms with E-state index in [9.17, 15) is 9.00 Å². The first-order valence-electron chi connectivity index (χ1n) is 7.63. The van der Waals surface area contributed by atoms with Gasteiger partial charge in [-0.05, 0) is 62.9 Å². The van der Waals surface area contributed by atoms with Crippen LogP contribution in [0.25, 0.3) is 0 Å². The molecule has 3 rings (SSSR count). The Labute approximate surface area is 128 Å². The Balaban J connectivity index is 1.71. The molecule has 1 heterocycles. The number of nitrogens with zero attached hydrogens (tertiary/aromatic N) is 1. The molecule has 1 saturated heterocycles. The van der Waals surface area contributed by atoms with Gasteiger partial charge in [0.05, 0.1) is 6.04 Å². The largest absolute Gasteiger partial charge is 0.325 e. The van der Waals surface area contributed by atoms with Crippen molar-refractivity contribution >= 4 is 22.4 Å². The Kier molecular flexibility index (Phi) is 4.40. The maximum absolute atomic E-state index is 12.6. The van der Waals surface area contributed by atoms with Gasteiger partial charge in [-0.15, -0.1) is 0 Å². The molecule has 0 aromatic heterocycles. The van der Waals surface area contributed by atoms with Crippen molar-refractivity contribution in [1.29, 1.82) is 0 Å². The van der Waals surface area contributed by atoms with Crippen molar-refractivity contribution in [2.24, 2.45) is 5.92 Å². The fourth-order valence-electron chi connectivity index (χ4n) is 3.08. The number of anilines is 1. The number of hydrogen-bond donors (Lipinski definition) is 1. The molecule has 1 saturated carbocycles. The van der Waals surface area contributed by atoms with Gasteiger partial charge in [0.2, 0.25) is 5.91 Å². The fourth-order valence-corrected chi connectivity index (χ4v) is 3.64. The van der Waals surface area contributed by atoms with Crippen molar-refractivity contribution in [3.05, 3.63) is 24.3 Å². The quantitative estimate of drug-likeness (QED) is 0.907. The van der Waals surface area contributed by atoms with Gasteiger partial charge in [-0.1, -0.05) is 6.07 Å². The van der Waals surface area contributed by atoms with Gasteiger partial charge in [-0.3, -0.25) is 13.9 Å². The van der Waals surface area contributed by atoms with Crippen molar-refractivity contribution in [3.63, 3.8) is 0 Å². The minimum atomic E-state index is -1.02. The van der Waals surface area contributed by atoms with Crippen molar-refractivity contribution < 1.29 is 9.00 Å². The van der Waals surface area contributed by atoms with E-state index in [1.165, 1.54) is 12.8 Å². The van der Waals surface area contributed by atoms with Crippen LogP contribution < -0.4 is 5.32 Å². The van der Waals surface area contributed by atoms with E-state index in [0.717, 1.165) is 36.5 Å². The summed E-state index contributed by atoms with van der Waals surface area (Å²) in [4.78, 5) is 15.7. The zero-order valence-electron chi connectivity index (χ0n) is 12.4. The van der Waals surface area contributed by atoms with Crippen LogP contribution in [0.5, 0.6) is 0 Å². The van der Waals surface area contributed by atoms with Crippen molar-refractivity contribution in [3.8, 4) is 0 Å². The molecule has 0 spiro atoms. The Morgan fingerprint density at radius 2 is 2.05 bits per heavy atom. The maximum atomic E-state index is 12.6. The first-order valence-corrected chi connectivity index (χ1v) is 9.19. The van der Waals surface area contributed by atoms with E-state index in [0.29, 0.717) is 5.92 Å². The number of carbonyl (C=O) groups is 1. The molecular weight excluding hydrogens is 284 g/mol. The Hall–Kier alpha value is -1.20. The summed E-state index contributed by atoms with van der Waals surface area (Å²) >= 11 is 0. The van der Waals surface area contributed by atoms with Gasteiger partial charge in [0.1, 0.15) is 0 Å². The van der Waals surface area contributed by atoms with Gasteiger partial charge in [0.25, 0.3) is 0 Å². The predicted octanol–water partition coefficient (Wildman–Crippen LogP) is 2.24. The summed E-state index contributed by atoms with van der Waals surface area (Å²) in [5.74, 6) is 0.616. The summed E-state index contributed by atoms with van der Waals surface area (Å²) in [5.41, 5.74) is 0.748. The summed E-state index contributed by atoms with van der Waals surface area (Å²) < 4.78 is 11.5. The fraction of sp³-hybridized carbons (Fsp3) is 0.562. The summed E-state index contributed by atoms with van der Waals surface area (Å²) in [6.07, 6.45) is 6.36. The monoisotopic (exact) mass is 306 g/mol. The van der Waals surface area contributed by atoms with Gasteiger partial charge >= 0.3 is 0 Å². The van der Waals surface area contributed by atoms with E-state index < -0.39 is 10.8 Å². The van der Waals surface area contributed by atoms with Crippen LogP contribution in [-0.2, 0) is 15.6 Å². The van der Waals surface area contributed by atoms with Crippen molar-refractivity contribution in [2.45, 2.75) is 36.6 Å². The molecule has 4 nitrogen and oxygen atoms in total. The highest BCUT2D eigenvalue weighted by Gasteiger charge is 2.40. The molecule has 1 aliphatic carbocycles. The molecule has 2 atom stereocenters. The van der Waals surface area contributed by atoms with E-state index in [1.807, 2.05) is 24.3 Å². The lowest BCUT2D eigenvalue weighted by molar-refractivity contribution is -0.121. The molecule has 0 radical (unpaired) electrons. The zero-order chi connectivity index (χ0) is 14.8. The minimum Gasteiger partial charge on any atom is -0.325 e. The molecule has 1 aliphatic heterocycles. The Bertz CT molecular complexity index is 551. The summed E-state index contributed by atoms with van der Waals surface area (Å²) in [6.45, 7) is 2.07. The lowest BCUT2D eigenvalue weighted by Gasteiger charge is -2.26. The van der Waals surface area contributed by atoms with Gasteiger partial charge < -0.3 is 5.32 Å². The third kappa shape index (κ3) is 3.52. The van der Waals surface area contributed by atoms with Crippen LogP contribution in [0.2, 0.25) is 0 Å². The molecule has 2 aliphatic rings. The maximum Gasteiger partial charge on any atom is 0.242 e. The van der Waals surface area contributed by atoms with Crippen LogP contribution in [0.15, 0.2) is 29.2 Å². The highest BCUT2D eigenvalue weighted by atomic mass is 32.2. The van der Waals surface area contributed by atoms with Crippen LogP contribution in [-0.4, -0.2) is 40.4 Å². The van der Waals surface area contributed by atoms with Gasteiger partial charge in [0, 0.05) is 27.6 Å². The standard InChI is InChI=1S/C16H22N2O2S/c1-21(20)14-6-4-5-13(11-14)17-16(19)15(12-7-8-12)18-9-2-3-10-18/h4-6,11-12,15H,2-3,7-10H2,1H3,(H,17,19). The van der Waals surface area contributed by atoms with Crippen LogP contribution >= 0.6 is 0 Å². The molecule has 1 aromatic rings. The van der Waals surface area contributed by atoms with Crippen LogP contribution in [0, 0.1) is 5.92 Å². The number of amides is 1. The first kappa shape index (κ1) is 14.7. The third-order valence-corrected chi connectivity index (χ3v) is 5.22. The molecule has 114 valence electrons. The molecule has 2 unspecified atom stereocenters. The molecule has 21 heavy (non-hydrogen) atoms.